The summed E-state index contributed by atoms with van der Waals surface area (Å²) in [6.07, 6.45) is 6.33. The minimum atomic E-state index is -0.122. The summed E-state index contributed by atoms with van der Waals surface area (Å²) in [7, 11) is 3.97. The third-order valence-corrected chi connectivity index (χ3v) is 5.63. The summed E-state index contributed by atoms with van der Waals surface area (Å²) in [6.45, 7) is 0.413. The fourth-order valence-corrected chi connectivity index (χ4v) is 4.02. The molecule has 2 aromatic carbocycles. The molecule has 4 N–H and O–H groups in total. The van der Waals surface area contributed by atoms with Gasteiger partial charge in [0.1, 0.15) is 12.4 Å². The van der Waals surface area contributed by atoms with Crippen LogP contribution in [0.2, 0.25) is 0 Å². The predicted molar refractivity (Wildman–Crippen MR) is 129 cm³/mol. The molecular formula is C25H26N6O. The van der Waals surface area contributed by atoms with Crippen molar-refractivity contribution in [2.45, 2.75) is 12.5 Å². The Balaban J connectivity index is 1.30. The molecule has 1 unspecified atom stereocenters. The Kier molecular flexibility index (Phi) is 5.25. The number of fused-ring (bicyclic) bond motifs is 2. The standard InChI is InChI=1S/C25H26N6O/c1-31(2)25-22-11-16(7-8-24(22)29-30-25)17-10-20(14-27-12-17)32-15-19(26)9-18-13-28-23-6-4-3-5-21(18)23/h3-8,10-14,19,28H,9,15,26H2,1-2H3,(H,29,30). The van der Waals surface area contributed by atoms with E-state index in [2.05, 4.69) is 44.4 Å². The summed E-state index contributed by atoms with van der Waals surface area (Å²) in [5, 5.41) is 9.74. The van der Waals surface area contributed by atoms with Crippen molar-refractivity contribution in [3.05, 3.63) is 72.7 Å². The number of hydrogen-bond donors (Lipinski definition) is 3. The Morgan fingerprint density at radius 1 is 1.00 bits per heavy atom. The van der Waals surface area contributed by atoms with Crippen molar-refractivity contribution in [2.24, 2.45) is 5.73 Å². The van der Waals surface area contributed by atoms with E-state index in [1.54, 1.807) is 6.20 Å². The molecule has 0 saturated carbocycles. The molecule has 0 aliphatic rings. The van der Waals surface area contributed by atoms with Crippen molar-refractivity contribution < 1.29 is 4.74 Å². The number of benzene rings is 2. The molecule has 1 atom stereocenters. The molecule has 0 aliphatic heterocycles. The third kappa shape index (κ3) is 3.90. The van der Waals surface area contributed by atoms with E-state index in [0.717, 1.165) is 39.8 Å². The van der Waals surface area contributed by atoms with Crippen molar-refractivity contribution >= 4 is 27.6 Å². The van der Waals surface area contributed by atoms with Gasteiger partial charge in [0.05, 0.1) is 11.7 Å². The molecule has 162 valence electrons. The highest BCUT2D eigenvalue weighted by atomic mass is 16.5. The number of aromatic nitrogens is 4. The summed E-state index contributed by atoms with van der Waals surface area (Å²) < 4.78 is 6.00. The van der Waals surface area contributed by atoms with E-state index in [1.165, 1.54) is 10.9 Å². The Bertz CT molecular complexity index is 1370. The molecule has 0 saturated heterocycles. The quantitative estimate of drug-likeness (QED) is 0.364. The largest absolute Gasteiger partial charge is 0.490 e. The maximum absolute atomic E-state index is 6.37. The van der Waals surface area contributed by atoms with Crippen LogP contribution in [0.4, 0.5) is 5.82 Å². The second-order valence-corrected chi connectivity index (χ2v) is 8.25. The Labute approximate surface area is 186 Å². The zero-order valence-corrected chi connectivity index (χ0v) is 18.2. The summed E-state index contributed by atoms with van der Waals surface area (Å²) in [6, 6.07) is 16.3. The number of nitrogens with zero attached hydrogens (tertiary/aromatic N) is 3. The number of anilines is 1. The Morgan fingerprint density at radius 2 is 1.88 bits per heavy atom. The second kappa shape index (κ2) is 8.36. The van der Waals surface area contributed by atoms with Crippen LogP contribution in [0.25, 0.3) is 32.9 Å². The molecule has 0 bridgehead atoms. The van der Waals surface area contributed by atoms with Crippen molar-refractivity contribution in [2.75, 3.05) is 25.6 Å². The number of rotatable bonds is 7. The van der Waals surface area contributed by atoms with Crippen molar-refractivity contribution in [1.29, 1.82) is 0 Å². The van der Waals surface area contributed by atoms with Crippen LogP contribution in [-0.4, -0.2) is 46.9 Å². The van der Waals surface area contributed by atoms with E-state index in [4.69, 9.17) is 10.5 Å². The van der Waals surface area contributed by atoms with Gasteiger partial charge < -0.3 is 20.4 Å². The van der Waals surface area contributed by atoms with E-state index >= 15 is 0 Å². The summed E-state index contributed by atoms with van der Waals surface area (Å²) in [5.74, 6) is 1.61. The minimum absolute atomic E-state index is 0.122. The van der Waals surface area contributed by atoms with Crippen LogP contribution in [0, 0.1) is 0 Å². The highest BCUT2D eigenvalue weighted by Crippen LogP contribution is 2.29. The predicted octanol–water partition coefficient (Wildman–Crippen LogP) is 4.12. The first kappa shape index (κ1) is 20.1. The third-order valence-electron chi connectivity index (χ3n) is 5.63. The maximum atomic E-state index is 6.37. The van der Waals surface area contributed by atoms with E-state index in [1.807, 2.05) is 55.7 Å². The molecule has 7 nitrogen and oxygen atoms in total. The van der Waals surface area contributed by atoms with Gasteiger partial charge in [-0.05, 0) is 41.8 Å². The first-order chi connectivity index (χ1) is 15.6. The van der Waals surface area contributed by atoms with Gasteiger partial charge in [0.15, 0.2) is 5.82 Å². The number of H-pyrrole nitrogens is 2. The molecule has 5 rings (SSSR count). The monoisotopic (exact) mass is 426 g/mol. The molecule has 3 aromatic heterocycles. The fraction of sp³-hybridized carbons (Fsp3) is 0.200. The van der Waals surface area contributed by atoms with Crippen molar-refractivity contribution in [1.82, 2.24) is 20.2 Å². The van der Waals surface area contributed by atoms with Crippen LogP contribution in [-0.2, 0) is 6.42 Å². The fourth-order valence-electron chi connectivity index (χ4n) is 4.02. The van der Waals surface area contributed by atoms with E-state index in [-0.39, 0.29) is 6.04 Å². The SMILES string of the molecule is CN(C)c1n[nH]c2ccc(-c3cncc(OCC(N)Cc4c[nH]c5ccccc45)c3)cc12. The van der Waals surface area contributed by atoms with Crippen LogP contribution in [0.1, 0.15) is 5.56 Å². The average Bonchev–Trinajstić information content (AvgIpc) is 3.42. The zero-order chi connectivity index (χ0) is 22.1. The van der Waals surface area contributed by atoms with Gasteiger partial charge in [0.25, 0.3) is 0 Å². The molecule has 0 aliphatic carbocycles. The minimum Gasteiger partial charge on any atom is -0.490 e. The lowest BCUT2D eigenvalue weighted by molar-refractivity contribution is 0.287. The van der Waals surface area contributed by atoms with Crippen LogP contribution in [0.3, 0.4) is 0 Å². The normalized spacial score (nSPS) is 12.3. The smallest absolute Gasteiger partial charge is 0.157 e. The lowest BCUT2D eigenvalue weighted by Crippen LogP contribution is -2.30. The van der Waals surface area contributed by atoms with Gasteiger partial charge in [0.2, 0.25) is 0 Å². The average molecular weight is 427 g/mol. The van der Waals surface area contributed by atoms with Crippen LogP contribution in [0.15, 0.2) is 67.1 Å². The number of hydrogen-bond acceptors (Lipinski definition) is 5. The lowest BCUT2D eigenvalue weighted by Gasteiger charge is -2.13. The lowest BCUT2D eigenvalue weighted by atomic mass is 10.1. The number of aromatic amines is 2. The van der Waals surface area contributed by atoms with Crippen LogP contribution < -0.4 is 15.4 Å². The van der Waals surface area contributed by atoms with Crippen LogP contribution in [0.5, 0.6) is 5.75 Å². The van der Waals surface area contributed by atoms with Gasteiger partial charge in [-0.2, -0.15) is 5.10 Å². The molecule has 0 amide bonds. The number of nitrogens with one attached hydrogen (secondary N) is 2. The molecule has 7 heteroatoms. The van der Waals surface area contributed by atoms with Gasteiger partial charge in [-0.3, -0.25) is 10.1 Å². The van der Waals surface area contributed by atoms with Gasteiger partial charge in [-0.25, -0.2) is 0 Å². The van der Waals surface area contributed by atoms with E-state index in [0.29, 0.717) is 12.4 Å². The number of para-hydroxylation sites is 1. The summed E-state index contributed by atoms with van der Waals surface area (Å²) >= 11 is 0. The maximum Gasteiger partial charge on any atom is 0.157 e. The van der Waals surface area contributed by atoms with E-state index < -0.39 is 0 Å². The number of pyridine rings is 1. The van der Waals surface area contributed by atoms with Gasteiger partial charge in [0, 0.05) is 54.4 Å². The molecular weight excluding hydrogens is 400 g/mol. The second-order valence-electron chi connectivity index (χ2n) is 8.25. The summed E-state index contributed by atoms with van der Waals surface area (Å²) in [4.78, 5) is 9.67. The molecule has 3 heterocycles. The van der Waals surface area contributed by atoms with Crippen LogP contribution >= 0.6 is 0 Å². The molecule has 0 fully saturated rings. The van der Waals surface area contributed by atoms with Gasteiger partial charge >= 0.3 is 0 Å². The zero-order valence-electron chi connectivity index (χ0n) is 18.2. The van der Waals surface area contributed by atoms with Gasteiger partial charge in [-0.1, -0.05) is 24.3 Å². The highest BCUT2D eigenvalue weighted by molar-refractivity contribution is 5.93. The molecule has 5 aromatic rings. The first-order valence-corrected chi connectivity index (χ1v) is 10.6. The summed E-state index contributed by atoms with van der Waals surface area (Å²) in [5.41, 5.74) is 11.7. The molecule has 0 radical (unpaired) electrons. The van der Waals surface area contributed by atoms with Crippen molar-refractivity contribution in [3.63, 3.8) is 0 Å². The highest BCUT2D eigenvalue weighted by Gasteiger charge is 2.12. The Morgan fingerprint density at radius 3 is 2.75 bits per heavy atom. The number of nitrogens with two attached hydrogens (primary N) is 1. The molecule has 32 heavy (non-hydrogen) atoms. The van der Waals surface area contributed by atoms with Gasteiger partial charge in [-0.15, -0.1) is 0 Å². The molecule has 0 spiro atoms. The topological polar surface area (TPSA) is 95.8 Å². The number of ether oxygens (including phenoxy) is 1. The first-order valence-electron chi connectivity index (χ1n) is 10.6. The van der Waals surface area contributed by atoms with E-state index in [9.17, 15) is 0 Å². The Hall–Kier alpha value is -3.84. The van der Waals surface area contributed by atoms with Crippen molar-refractivity contribution in [3.8, 4) is 16.9 Å².